The van der Waals surface area contributed by atoms with Gasteiger partial charge < -0.3 is 9.47 Å². The Hall–Kier alpha value is -1.83. The van der Waals surface area contributed by atoms with Gasteiger partial charge in [0, 0.05) is 18.4 Å². The maximum atomic E-state index is 11.7. The molecule has 156 valence electrons. The fourth-order valence-corrected chi connectivity index (χ4v) is 2.87. The summed E-state index contributed by atoms with van der Waals surface area (Å²) in [5, 5.41) is 0.532. The van der Waals surface area contributed by atoms with Crippen LogP contribution in [0.2, 0.25) is 0 Å². The fourth-order valence-electron chi connectivity index (χ4n) is 1.44. The number of carbonyl (C=O) groups is 3. The minimum absolute atomic E-state index is 0.000301. The molecule has 0 rings (SSSR count). The molecule has 0 fully saturated rings. The molecule has 0 aromatic heterocycles. The van der Waals surface area contributed by atoms with Crippen molar-refractivity contribution in [3.63, 3.8) is 0 Å². The molecule has 0 aliphatic rings. The Labute approximate surface area is 157 Å². The van der Waals surface area contributed by atoms with E-state index in [1.807, 2.05) is 0 Å². The summed E-state index contributed by atoms with van der Waals surface area (Å²) in [6.07, 6.45) is -0.144. The molecule has 0 unspecified atom stereocenters. The van der Waals surface area contributed by atoms with Crippen LogP contribution in [0.25, 0.3) is 0 Å². The van der Waals surface area contributed by atoms with Gasteiger partial charge in [0.1, 0.15) is 0 Å². The first-order chi connectivity index (χ1) is 12.4. The minimum atomic E-state index is -4.21. The molecule has 0 aromatic rings. The van der Waals surface area contributed by atoms with Crippen LogP contribution < -0.4 is 0 Å². The van der Waals surface area contributed by atoms with Gasteiger partial charge in [0.05, 0.1) is 31.0 Å². The van der Waals surface area contributed by atoms with Crippen LogP contribution in [0, 0.1) is 0 Å². The number of hydrogen-bond acceptors (Lipinski definition) is 10. The third-order valence-electron chi connectivity index (χ3n) is 2.74. The zero-order valence-corrected chi connectivity index (χ0v) is 16.5. The Bertz CT molecular complexity index is 763. The number of hydrogen-bond donors (Lipinski definition) is 1. The highest BCUT2D eigenvalue weighted by Gasteiger charge is 2.15. The van der Waals surface area contributed by atoms with E-state index in [9.17, 15) is 31.2 Å². The average Bonchev–Trinajstić information content (AvgIpc) is 2.55. The van der Waals surface area contributed by atoms with Gasteiger partial charge in [-0.1, -0.05) is 6.92 Å². The number of ketones is 1. The lowest BCUT2D eigenvalue weighted by molar-refractivity contribution is -0.153. The summed E-state index contributed by atoms with van der Waals surface area (Å²) in [6, 6.07) is 0. The maximum absolute atomic E-state index is 11.7. The Kier molecular flexibility index (Phi) is 11.0. The molecular weight excluding hydrogens is 408 g/mol. The zero-order chi connectivity index (χ0) is 21.1. The van der Waals surface area contributed by atoms with E-state index < -0.39 is 43.7 Å². The van der Waals surface area contributed by atoms with Gasteiger partial charge in [-0.2, -0.15) is 16.8 Å². The normalized spacial score (nSPS) is 12.5. The molecule has 0 atom stereocenters. The molecule has 27 heavy (non-hydrogen) atoms. The molecule has 0 spiro atoms. The van der Waals surface area contributed by atoms with Crippen LogP contribution in [-0.2, 0) is 48.3 Å². The first kappa shape index (κ1) is 25.2. The lowest BCUT2D eigenvalue weighted by Crippen LogP contribution is -2.18. The van der Waals surface area contributed by atoms with Gasteiger partial charge in [0.2, 0.25) is 5.78 Å². The van der Waals surface area contributed by atoms with E-state index in [4.69, 9.17) is 4.55 Å². The lowest BCUT2D eigenvalue weighted by atomic mass is 10.3. The van der Waals surface area contributed by atoms with Crippen LogP contribution in [0.3, 0.4) is 0 Å². The van der Waals surface area contributed by atoms with Crippen LogP contribution in [0.1, 0.15) is 33.1 Å². The number of esters is 2. The predicted molar refractivity (Wildman–Crippen MR) is 91.5 cm³/mol. The summed E-state index contributed by atoms with van der Waals surface area (Å²) in [5.74, 6) is -3.30. The second-order valence-electron chi connectivity index (χ2n) is 5.16. The first-order valence-corrected chi connectivity index (χ1v) is 10.9. The van der Waals surface area contributed by atoms with Crippen LogP contribution in [0.5, 0.6) is 0 Å². The molecular formula is C14H22O11S2. The van der Waals surface area contributed by atoms with E-state index in [1.165, 1.54) is 6.92 Å². The Morgan fingerprint density at radius 1 is 0.926 bits per heavy atom. The van der Waals surface area contributed by atoms with Crippen molar-refractivity contribution >= 4 is 38.0 Å². The van der Waals surface area contributed by atoms with Crippen molar-refractivity contribution in [3.8, 4) is 0 Å². The van der Waals surface area contributed by atoms with Crippen LogP contribution in [0.4, 0.5) is 0 Å². The predicted octanol–water partition coefficient (Wildman–Crippen LogP) is -0.0299. The van der Waals surface area contributed by atoms with Gasteiger partial charge >= 0.3 is 11.9 Å². The molecule has 1 N–H and O–H groups in total. The molecule has 11 nitrogen and oxygen atoms in total. The topological polar surface area (TPSA) is 167 Å². The van der Waals surface area contributed by atoms with E-state index in [2.05, 4.69) is 13.7 Å². The molecule has 0 aliphatic heterocycles. The Balaban J connectivity index is 4.28. The van der Waals surface area contributed by atoms with E-state index in [0.29, 0.717) is 5.41 Å². The molecule has 13 heteroatoms. The number of rotatable bonds is 13. The molecule has 0 saturated carbocycles. The molecule has 0 aliphatic carbocycles. The highest BCUT2D eigenvalue weighted by molar-refractivity contribution is 7.89. The highest BCUT2D eigenvalue weighted by atomic mass is 32.2. The van der Waals surface area contributed by atoms with E-state index in [-0.39, 0.29) is 44.7 Å². The maximum Gasteiger partial charge on any atom is 0.374 e. The van der Waals surface area contributed by atoms with Gasteiger partial charge in [-0.3, -0.25) is 13.5 Å². The third kappa shape index (κ3) is 13.1. The second-order valence-corrected chi connectivity index (χ2v) is 8.19. The summed E-state index contributed by atoms with van der Waals surface area (Å²) in [6.45, 7) is 1.77. The van der Waals surface area contributed by atoms with Gasteiger partial charge in [-0.05, 0) is 13.3 Å². The average molecular weight is 430 g/mol. The zero-order valence-electron chi connectivity index (χ0n) is 14.9. The van der Waals surface area contributed by atoms with E-state index in [1.54, 1.807) is 0 Å². The van der Waals surface area contributed by atoms with Crippen molar-refractivity contribution in [1.29, 1.82) is 0 Å². The summed E-state index contributed by atoms with van der Waals surface area (Å²) < 4.78 is 66.7. The van der Waals surface area contributed by atoms with Gasteiger partial charge in [0.25, 0.3) is 20.2 Å². The Morgan fingerprint density at radius 2 is 1.48 bits per heavy atom. The quantitative estimate of drug-likeness (QED) is 0.104. The van der Waals surface area contributed by atoms with Gasteiger partial charge in [0.15, 0.2) is 0 Å². The summed E-state index contributed by atoms with van der Waals surface area (Å²) in [4.78, 5) is 33.6. The van der Waals surface area contributed by atoms with Crippen molar-refractivity contribution in [1.82, 2.24) is 0 Å². The minimum Gasteiger partial charge on any atom is -0.462 e. The van der Waals surface area contributed by atoms with Crippen molar-refractivity contribution < 1.29 is 49.4 Å². The largest absolute Gasteiger partial charge is 0.462 e. The lowest BCUT2D eigenvalue weighted by Gasteiger charge is -2.06. The van der Waals surface area contributed by atoms with Crippen molar-refractivity contribution in [2.45, 2.75) is 33.1 Å². The smallest absolute Gasteiger partial charge is 0.374 e. The number of ether oxygens (including phenoxy) is 2. The fraction of sp³-hybridized carbons (Fsp3) is 0.643. The van der Waals surface area contributed by atoms with E-state index >= 15 is 0 Å². The third-order valence-corrected chi connectivity index (χ3v) is 4.68. The molecule has 0 heterocycles. The highest BCUT2D eigenvalue weighted by Crippen LogP contribution is 2.05. The monoisotopic (exact) mass is 430 g/mol. The van der Waals surface area contributed by atoms with Crippen LogP contribution in [-0.4, -0.2) is 64.7 Å². The van der Waals surface area contributed by atoms with Crippen LogP contribution in [0.15, 0.2) is 11.0 Å². The summed E-state index contributed by atoms with van der Waals surface area (Å²) in [7, 11) is -8.38. The SMILES string of the molecule is CCC(=O)C(=O)OCCCOS(=O)(=O)C=C(C)C(=O)OCCCS(=O)(=O)O. The van der Waals surface area contributed by atoms with Crippen molar-refractivity contribution in [2.24, 2.45) is 0 Å². The van der Waals surface area contributed by atoms with E-state index in [0.717, 1.165) is 6.92 Å². The molecule has 0 radical (unpaired) electrons. The van der Waals surface area contributed by atoms with Crippen molar-refractivity contribution in [2.75, 3.05) is 25.6 Å². The van der Waals surface area contributed by atoms with Crippen LogP contribution >= 0.6 is 0 Å². The standard InChI is InChI=1S/C14H22O11S2/c1-3-12(15)14(17)24-6-4-8-25-27(21,22)10-11(2)13(16)23-7-5-9-26(18,19)20/h10H,3-9H2,1-2H3,(H,18,19,20). The first-order valence-electron chi connectivity index (χ1n) is 7.78. The Morgan fingerprint density at radius 3 is 2.04 bits per heavy atom. The molecule has 0 bridgehead atoms. The second kappa shape index (κ2) is 11.8. The molecule has 0 aromatic carbocycles. The van der Waals surface area contributed by atoms with Gasteiger partial charge in [-0.25, -0.2) is 9.59 Å². The summed E-state index contributed by atoms with van der Waals surface area (Å²) >= 11 is 0. The number of Topliss-reactive ketones (excluding diaryl/α,β-unsaturated/α-hetero) is 1. The molecule has 0 saturated heterocycles. The molecule has 0 amide bonds. The number of carbonyl (C=O) groups excluding carboxylic acids is 3. The van der Waals surface area contributed by atoms with Gasteiger partial charge in [-0.15, -0.1) is 0 Å². The summed E-state index contributed by atoms with van der Waals surface area (Å²) in [5.41, 5.74) is -0.304. The van der Waals surface area contributed by atoms with Crippen molar-refractivity contribution in [3.05, 3.63) is 11.0 Å².